The van der Waals surface area contributed by atoms with Gasteiger partial charge in [-0.1, -0.05) is 61.8 Å². The predicted molar refractivity (Wildman–Crippen MR) is 115 cm³/mol. The molecule has 0 aromatic heterocycles. The minimum Gasteiger partial charge on any atom is -0.326 e. The van der Waals surface area contributed by atoms with Crippen LogP contribution in [0.15, 0.2) is 24.3 Å². The number of hydrogen-bond donors (Lipinski definition) is 1. The zero-order valence-corrected chi connectivity index (χ0v) is 18.4. The molecule has 5 nitrogen and oxygen atoms in total. The second-order valence-electron chi connectivity index (χ2n) is 5.53. The van der Waals surface area contributed by atoms with Gasteiger partial charge >= 0.3 is 0 Å². The highest BCUT2D eigenvalue weighted by atomic mass is 16.2. The molecule has 2 rings (SSSR count). The van der Waals surface area contributed by atoms with Crippen LogP contribution in [0.5, 0.6) is 0 Å². The van der Waals surface area contributed by atoms with Crippen molar-refractivity contribution in [3.8, 4) is 0 Å². The number of imide groups is 1. The van der Waals surface area contributed by atoms with Gasteiger partial charge in [-0.3, -0.25) is 19.3 Å². The Morgan fingerprint density at radius 2 is 1.48 bits per heavy atom. The molecular weight excluding hydrogens is 340 g/mol. The van der Waals surface area contributed by atoms with E-state index in [1.165, 1.54) is 11.3 Å². The van der Waals surface area contributed by atoms with E-state index in [2.05, 4.69) is 19.2 Å². The molecule has 1 atom stereocenters. The summed E-state index contributed by atoms with van der Waals surface area (Å²) < 4.78 is 0. The van der Waals surface area contributed by atoms with Gasteiger partial charge in [0.1, 0.15) is 0 Å². The summed E-state index contributed by atoms with van der Waals surface area (Å²) in [5.74, 6) is -0.575. The van der Waals surface area contributed by atoms with Crippen molar-refractivity contribution in [2.24, 2.45) is 5.92 Å². The van der Waals surface area contributed by atoms with Crippen LogP contribution >= 0.6 is 0 Å². The van der Waals surface area contributed by atoms with Gasteiger partial charge in [0.2, 0.25) is 17.7 Å². The molecule has 154 valence electrons. The molecule has 5 heteroatoms. The van der Waals surface area contributed by atoms with Crippen LogP contribution in [0.25, 0.3) is 0 Å². The molecule has 27 heavy (non-hydrogen) atoms. The number of carbonyl (C=O) groups is 3. The summed E-state index contributed by atoms with van der Waals surface area (Å²) in [5, 5.41) is 2.72. The highest BCUT2D eigenvalue weighted by Gasteiger charge is 2.38. The van der Waals surface area contributed by atoms with Crippen molar-refractivity contribution in [1.82, 2.24) is 0 Å². The Balaban J connectivity index is 0. The quantitative estimate of drug-likeness (QED) is 0.674. The van der Waals surface area contributed by atoms with E-state index < -0.39 is 0 Å². The van der Waals surface area contributed by atoms with E-state index in [9.17, 15) is 14.4 Å². The molecular formula is C22H38N2O3. The predicted octanol–water partition coefficient (Wildman–Crippen LogP) is 5.79. The minimum atomic E-state index is -0.207. The molecule has 0 aliphatic carbocycles. The van der Waals surface area contributed by atoms with E-state index >= 15 is 0 Å². The lowest BCUT2D eigenvalue weighted by Crippen LogP contribution is -2.30. The first-order chi connectivity index (χ1) is 13.0. The van der Waals surface area contributed by atoms with E-state index in [0.29, 0.717) is 24.2 Å². The van der Waals surface area contributed by atoms with Crippen molar-refractivity contribution >= 4 is 29.1 Å². The van der Waals surface area contributed by atoms with E-state index in [1.54, 1.807) is 31.2 Å². The first kappa shape index (κ1) is 27.1. The monoisotopic (exact) mass is 378 g/mol. The lowest BCUT2D eigenvalue weighted by Gasteiger charge is -2.15. The van der Waals surface area contributed by atoms with Gasteiger partial charge in [-0.15, -0.1) is 0 Å². The van der Waals surface area contributed by atoms with Crippen molar-refractivity contribution in [1.29, 1.82) is 0 Å². The number of nitrogens with one attached hydrogen (secondary N) is 1. The molecule has 0 spiro atoms. The average molecular weight is 379 g/mol. The van der Waals surface area contributed by atoms with Gasteiger partial charge in [0.25, 0.3) is 0 Å². The minimum absolute atomic E-state index is 0.0721. The van der Waals surface area contributed by atoms with E-state index in [1.807, 2.05) is 34.6 Å². The van der Waals surface area contributed by atoms with Crippen molar-refractivity contribution in [3.63, 3.8) is 0 Å². The Kier molecular flexibility index (Phi) is 16.1. The number of nitrogens with zero attached hydrogens (tertiary/aromatic N) is 1. The standard InChI is InChI=1S/C15H18N2O3.C3H8.2C2H6/c1-3-10-9-14(19)17(15(10)20)12-7-5-11(6-8-12)16-13(18)4-2;1-3-2;2*1-2/h5-8,10H,3-4,9H2,1-2H3,(H,16,18);3H2,1-2H3;2*1-2H3. The molecule has 1 saturated heterocycles. The fraction of sp³-hybridized carbons (Fsp3) is 0.591. The summed E-state index contributed by atoms with van der Waals surface area (Å²) in [6, 6.07) is 6.75. The molecule has 1 aliphatic rings. The van der Waals surface area contributed by atoms with Crippen LogP contribution in [0.4, 0.5) is 11.4 Å². The van der Waals surface area contributed by atoms with Gasteiger partial charge < -0.3 is 5.32 Å². The number of rotatable bonds is 4. The normalized spacial score (nSPS) is 14.8. The molecule has 1 heterocycles. The highest BCUT2D eigenvalue weighted by molar-refractivity contribution is 6.20. The zero-order chi connectivity index (χ0) is 21.4. The van der Waals surface area contributed by atoms with E-state index in [-0.39, 0.29) is 30.1 Å². The lowest BCUT2D eigenvalue weighted by atomic mass is 10.1. The largest absolute Gasteiger partial charge is 0.326 e. The fourth-order valence-corrected chi connectivity index (χ4v) is 2.23. The Bertz CT molecular complexity index is 553. The summed E-state index contributed by atoms with van der Waals surface area (Å²) in [5.41, 5.74) is 1.22. The molecule has 0 saturated carbocycles. The third-order valence-corrected chi connectivity index (χ3v) is 3.46. The second kappa shape index (κ2) is 16.0. The van der Waals surface area contributed by atoms with Crippen LogP contribution in [-0.2, 0) is 14.4 Å². The Hall–Kier alpha value is -2.17. The molecule has 0 bridgehead atoms. The third-order valence-electron chi connectivity index (χ3n) is 3.46. The molecule has 1 aromatic carbocycles. The van der Waals surface area contributed by atoms with Gasteiger partial charge in [0.15, 0.2) is 0 Å². The molecule has 1 fully saturated rings. The summed E-state index contributed by atoms with van der Waals surface area (Å²) in [6.07, 6.45) is 2.61. The summed E-state index contributed by atoms with van der Waals surface area (Å²) in [7, 11) is 0. The third kappa shape index (κ3) is 8.85. The van der Waals surface area contributed by atoms with E-state index in [0.717, 1.165) is 0 Å². The van der Waals surface area contributed by atoms with Crippen LogP contribution < -0.4 is 10.2 Å². The maximum Gasteiger partial charge on any atom is 0.237 e. The van der Waals surface area contributed by atoms with E-state index in [4.69, 9.17) is 0 Å². The van der Waals surface area contributed by atoms with Crippen molar-refractivity contribution < 1.29 is 14.4 Å². The maximum atomic E-state index is 12.1. The van der Waals surface area contributed by atoms with Crippen molar-refractivity contribution in [2.75, 3.05) is 10.2 Å². The Morgan fingerprint density at radius 3 is 1.85 bits per heavy atom. The number of anilines is 2. The van der Waals surface area contributed by atoms with Gasteiger partial charge in [-0.25, -0.2) is 0 Å². The van der Waals surface area contributed by atoms with Crippen LogP contribution in [0.2, 0.25) is 0 Å². The SMILES string of the molecule is CC.CC.CCC.CCC(=O)Nc1ccc(N2C(=O)CC(CC)C2=O)cc1. The van der Waals surface area contributed by atoms with Gasteiger partial charge in [-0.2, -0.15) is 0 Å². The number of hydrogen-bond acceptors (Lipinski definition) is 3. The first-order valence-corrected chi connectivity index (χ1v) is 10.2. The fourth-order valence-electron chi connectivity index (χ4n) is 2.23. The second-order valence-corrected chi connectivity index (χ2v) is 5.53. The van der Waals surface area contributed by atoms with Gasteiger partial charge in [0.05, 0.1) is 5.69 Å². The molecule has 1 aromatic rings. The molecule has 1 aliphatic heterocycles. The number of benzene rings is 1. The van der Waals surface area contributed by atoms with Gasteiger partial charge in [0, 0.05) is 24.4 Å². The topological polar surface area (TPSA) is 66.5 Å². The summed E-state index contributed by atoms with van der Waals surface area (Å²) in [6.45, 7) is 15.9. The maximum absolute atomic E-state index is 12.1. The Labute approximate surface area is 165 Å². The molecule has 3 amide bonds. The van der Waals surface area contributed by atoms with Crippen molar-refractivity contribution in [2.45, 2.75) is 81.1 Å². The zero-order valence-electron chi connectivity index (χ0n) is 18.4. The first-order valence-electron chi connectivity index (χ1n) is 10.2. The summed E-state index contributed by atoms with van der Waals surface area (Å²) >= 11 is 0. The van der Waals surface area contributed by atoms with Crippen LogP contribution in [0.3, 0.4) is 0 Å². The van der Waals surface area contributed by atoms with Crippen LogP contribution in [0.1, 0.15) is 81.1 Å². The smallest absolute Gasteiger partial charge is 0.237 e. The average Bonchev–Trinajstić information content (AvgIpc) is 2.99. The molecule has 1 unspecified atom stereocenters. The number of amides is 3. The van der Waals surface area contributed by atoms with Crippen molar-refractivity contribution in [3.05, 3.63) is 24.3 Å². The molecule has 1 N–H and O–H groups in total. The molecule has 0 radical (unpaired) electrons. The highest BCUT2D eigenvalue weighted by Crippen LogP contribution is 2.28. The number of carbonyl (C=O) groups excluding carboxylic acids is 3. The van der Waals surface area contributed by atoms with Crippen LogP contribution in [0, 0.1) is 5.92 Å². The van der Waals surface area contributed by atoms with Gasteiger partial charge in [-0.05, 0) is 30.7 Å². The Morgan fingerprint density at radius 1 is 1.00 bits per heavy atom. The lowest BCUT2D eigenvalue weighted by molar-refractivity contribution is -0.122. The summed E-state index contributed by atoms with van der Waals surface area (Å²) in [4.78, 5) is 36.5. The van der Waals surface area contributed by atoms with Crippen LogP contribution in [-0.4, -0.2) is 17.7 Å².